The van der Waals surface area contributed by atoms with Crippen molar-refractivity contribution < 1.29 is 0 Å². The van der Waals surface area contributed by atoms with E-state index in [1.807, 2.05) is 11.3 Å². The molecule has 0 saturated heterocycles. The standard InChI is InChI=1S/C46H28S/c1-3-13-34-30(10-1)12-9-19-36(34)45-39-17-7-5-15-37(39)44(38-16-6-8-18-40(38)45)32-22-20-29(21-23-32)33-25-27-43-42(28-33)41-26-24-31-11-2-4-14-35(31)46(41)47-43/h1-28H. The molecule has 0 aliphatic heterocycles. The van der Waals surface area contributed by atoms with E-state index in [1.165, 1.54) is 96.6 Å². The molecule has 0 bridgehead atoms. The molecule has 0 fully saturated rings. The summed E-state index contributed by atoms with van der Waals surface area (Å²) in [6.07, 6.45) is 0. The Morgan fingerprint density at radius 2 is 0.830 bits per heavy atom. The fraction of sp³-hybridized carbons (Fsp3) is 0. The number of hydrogen-bond acceptors (Lipinski definition) is 1. The first kappa shape index (κ1) is 26.5. The average Bonchev–Trinajstić information content (AvgIpc) is 3.52. The molecule has 218 valence electrons. The fourth-order valence-corrected chi connectivity index (χ4v) is 8.91. The first-order valence-electron chi connectivity index (χ1n) is 16.2. The SMILES string of the molecule is c1ccc2c(-c3c4ccccc4c(-c4ccc(-c5ccc6sc7c8ccccc8ccc7c6c5)cc4)c4ccccc34)cccc2c1. The van der Waals surface area contributed by atoms with Crippen LogP contribution in [0.15, 0.2) is 170 Å². The Balaban J connectivity index is 1.14. The van der Waals surface area contributed by atoms with Gasteiger partial charge in [-0.2, -0.15) is 0 Å². The van der Waals surface area contributed by atoms with Gasteiger partial charge in [0, 0.05) is 20.2 Å². The van der Waals surface area contributed by atoms with E-state index >= 15 is 0 Å². The zero-order chi connectivity index (χ0) is 30.9. The molecular formula is C46H28S. The van der Waals surface area contributed by atoms with Crippen LogP contribution in [0.4, 0.5) is 0 Å². The highest BCUT2D eigenvalue weighted by Gasteiger charge is 2.18. The zero-order valence-electron chi connectivity index (χ0n) is 25.6. The molecule has 1 aromatic heterocycles. The van der Waals surface area contributed by atoms with E-state index in [4.69, 9.17) is 0 Å². The number of rotatable bonds is 3. The molecule has 0 saturated carbocycles. The van der Waals surface area contributed by atoms with Crippen LogP contribution >= 0.6 is 11.3 Å². The minimum Gasteiger partial charge on any atom is -0.135 e. The first-order chi connectivity index (χ1) is 23.3. The monoisotopic (exact) mass is 612 g/mol. The summed E-state index contributed by atoms with van der Waals surface area (Å²) in [6.45, 7) is 0. The second-order valence-corrected chi connectivity index (χ2v) is 13.5. The van der Waals surface area contributed by atoms with Crippen LogP contribution in [0.3, 0.4) is 0 Å². The summed E-state index contributed by atoms with van der Waals surface area (Å²) in [4.78, 5) is 0. The van der Waals surface area contributed by atoms with E-state index in [2.05, 4.69) is 170 Å². The highest BCUT2D eigenvalue weighted by molar-refractivity contribution is 7.26. The largest absolute Gasteiger partial charge is 0.135 e. The minimum absolute atomic E-state index is 1.23. The topological polar surface area (TPSA) is 0 Å². The summed E-state index contributed by atoms with van der Waals surface area (Å²) in [5.41, 5.74) is 7.59. The molecule has 1 heterocycles. The highest BCUT2D eigenvalue weighted by Crippen LogP contribution is 2.46. The molecule has 10 aromatic rings. The molecular weight excluding hydrogens is 585 g/mol. The van der Waals surface area contributed by atoms with Crippen LogP contribution in [0.2, 0.25) is 0 Å². The van der Waals surface area contributed by atoms with Crippen molar-refractivity contribution in [2.24, 2.45) is 0 Å². The van der Waals surface area contributed by atoms with E-state index < -0.39 is 0 Å². The number of fused-ring (bicyclic) bond motifs is 8. The molecule has 0 amide bonds. The molecule has 0 unspecified atom stereocenters. The molecule has 0 aliphatic carbocycles. The van der Waals surface area contributed by atoms with E-state index in [-0.39, 0.29) is 0 Å². The highest BCUT2D eigenvalue weighted by atomic mass is 32.1. The van der Waals surface area contributed by atoms with Crippen LogP contribution in [0, 0.1) is 0 Å². The Labute approximate surface area is 276 Å². The molecule has 0 N–H and O–H groups in total. The van der Waals surface area contributed by atoms with Crippen LogP contribution in [0.1, 0.15) is 0 Å². The van der Waals surface area contributed by atoms with Crippen LogP contribution in [0.5, 0.6) is 0 Å². The third kappa shape index (κ3) is 4.07. The van der Waals surface area contributed by atoms with Crippen LogP contribution in [-0.2, 0) is 0 Å². The lowest BCUT2D eigenvalue weighted by atomic mass is 9.84. The van der Waals surface area contributed by atoms with Crippen molar-refractivity contribution in [2.75, 3.05) is 0 Å². The summed E-state index contributed by atoms with van der Waals surface area (Å²) >= 11 is 1.90. The third-order valence-electron chi connectivity index (χ3n) is 9.86. The Morgan fingerprint density at radius 3 is 1.53 bits per heavy atom. The molecule has 9 aromatic carbocycles. The van der Waals surface area contributed by atoms with Crippen molar-refractivity contribution in [3.8, 4) is 33.4 Å². The van der Waals surface area contributed by atoms with Gasteiger partial charge in [0.1, 0.15) is 0 Å². The minimum atomic E-state index is 1.23. The first-order valence-corrected chi connectivity index (χ1v) is 17.0. The van der Waals surface area contributed by atoms with Gasteiger partial charge in [0.2, 0.25) is 0 Å². The normalized spacial score (nSPS) is 11.8. The second kappa shape index (κ2) is 10.4. The maximum atomic E-state index is 2.38. The predicted octanol–water partition coefficient (Wildman–Crippen LogP) is 13.7. The molecule has 0 nitrogen and oxygen atoms in total. The van der Waals surface area contributed by atoms with Crippen LogP contribution in [0.25, 0.3) is 96.6 Å². The van der Waals surface area contributed by atoms with E-state index in [1.54, 1.807) is 0 Å². The Kier molecular flexibility index (Phi) is 5.85. The summed E-state index contributed by atoms with van der Waals surface area (Å²) in [6, 6.07) is 62.7. The summed E-state index contributed by atoms with van der Waals surface area (Å²) in [5, 5.41) is 13.0. The van der Waals surface area contributed by atoms with Gasteiger partial charge < -0.3 is 0 Å². The van der Waals surface area contributed by atoms with Gasteiger partial charge in [-0.15, -0.1) is 11.3 Å². The predicted molar refractivity (Wildman–Crippen MR) is 206 cm³/mol. The number of thiophene rings is 1. The lowest BCUT2D eigenvalue weighted by molar-refractivity contribution is 1.64. The molecule has 0 atom stereocenters. The van der Waals surface area contributed by atoms with Gasteiger partial charge in [0.25, 0.3) is 0 Å². The molecule has 0 spiro atoms. The van der Waals surface area contributed by atoms with Crippen molar-refractivity contribution in [3.05, 3.63) is 170 Å². The molecule has 0 radical (unpaired) electrons. The van der Waals surface area contributed by atoms with Gasteiger partial charge in [0.15, 0.2) is 0 Å². The molecule has 10 rings (SSSR count). The molecule has 1 heteroatoms. The lowest BCUT2D eigenvalue weighted by Gasteiger charge is -2.19. The van der Waals surface area contributed by atoms with Crippen molar-refractivity contribution in [3.63, 3.8) is 0 Å². The lowest BCUT2D eigenvalue weighted by Crippen LogP contribution is -1.91. The fourth-order valence-electron chi connectivity index (χ4n) is 7.69. The Hall–Kier alpha value is -5.76. The molecule has 47 heavy (non-hydrogen) atoms. The van der Waals surface area contributed by atoms with Crippen molar-refractivity contribution in [1.29, 1.82) is 0 Å². The van der Waals surface area contributed by atoms with Gasteiger partial charge in [-0.3, -0.25) is 0 Å². The van der Waals surface area contributed by atoms with Crippen LogP contribution in [-0.4, -0.2) is 0 Å². The summed E-state index contributed by atoms with van der Waals surface area (Å²) in [5.74, 6) is 0. The van der Waals surface area contributed by atoms with Crippen molar-refractivity contribution >= 4 is 74.6 Å². The number of benzene rings is 9. The van der Waals surface area contributed by atoms with Crippen LogP contribution < -0.4 is 0 Å². The van der Waals surface area contributed by atoms with E-state index in [9.17, 15) is 0 Å². The average molecular weight is 613 g/mol. The third-order valence-corrected chi connectivity index (χ3v) is 11.1. The van der Waals surface area contributed by atoms with Gasteiger partial charge in [-0.05, 0) is 88.6 Å². The van der Waals surface area contributed by atoms with Crippen molar-refractivity contribution in [2.45, 2.75) is 0 Å². The van der Waals surface area contributed by atoms with E-state index in [0.717, 1.165) is 0 Å². The van der Waals surface area contributed by atoms with E-state index in [0.29, 0.717) is 0 Å². The van der Waals surface area contributed by atoms with Gasteiger partial charge in [-0.25, -0.2) is 0 Å². The zero-order valence-corrected chi connectivity index (χ0v) is 26.4. The summed E-state index contributed by atoms with van der Waals surface area (Å²) in [7, 11) is 0. The number of hydrogen-bond donors (Lipinski definition) is 0. The maximum Gasteiger partial charge on any atom is 0.0433 e. The molecule has 0 aliphatic rings. The Morgan fingerprint density at radius 1 is 0.298 bits per heavy atom. The van der Waals surface area contributed by atoms with Gasteiger partial charge in [0.05, 0.1) is 0 Å². The maximum absolute atomic E-state index is 2.38. The smallest absolute Gasteiger partial charge is 0.0433 e. The van der Waals surface area contributed by atoms with Crippen molar-refractivity contribution in [1.82, 2.24) is 0 Å². The second-order valence-electron chi connectivity index (χ2n) is 12.4. The van der Waals surface area contributed by atoms with Gasteiger partial charge >= 0.3 is 0 Å². The van der Waals surface area contributed by atoms with Gasteiger partial charge in [-0.1, -0.05) is 158 Å². The summed E-state index contributed by atoms with van der Waals surface area (Å²) < 4.78 is 2.71. The Bertz CT molecular complexity index is 2770. The quantitative estimate of drug-likeness (QED) is 0.174.